The fraction of sp³-hybridized carbons (Fsp3) is 0.474. The number of hydroxylamine groups is 2. The molecule has 6 nitrogen and oxygen atoms in total. The van der Waals surface area contributed by atoms with Crippen molar-refractivity contribution in [1.82, 2.24) is 14.9 Å². The lowest BCUT2D eigenvalue weighted by atomic mass is 10.1. The minimum Gasteiger partial charge on any atom is -0.335 e. The standard InChI is InChI=1S/C19H23N3O3S/c1-3-22-18(23)15(12-25-22)20-8-10-21(11-9-20)19(24)17-13(2)14-6-4-5-7-16(14)26-17/h4-7,15H,3,8-12H2,1-2H3. The maximum atomic E-state index is 13.0. The van der Waals surface area contributed by atoms with Crippen LogP contribution < -0.4 is 0 Å². The van der Waals surface area contributed by atoms with E-state index in [9.17, 15) is 9.59 Å². The van der Waals surface area contributed by atoms with E-state index in [1.807, 2.05) is 30.9 Å². The topological polar surface area (TPSA) is 53.1 Å². The number of nitrogens with zero attached hydrogens (tertiary/aromatic N) is 3. The highest BCUT2D eigenvalue weighted by atomic mass is 32.1. The third-order valence-corrected chi connectivity index (χ3v) is 6.55. The third-order valence-electron chi connectivity index (χ3n) is 5.29. The lowest BCUT2D eigenvalue weighted by Crippen LogP contribution is -2.54. The van der Waals surface area contributed by atoms with Crippen molar-refractivity contribution < 1.29 is 14.4 Å². The SMILES string of the molecule is CCN1OCC(N2CCN(C(=O)c3sc4ccccc4c3C)CC2)C1=O. The molecule has 0 bridgehead atoms. The van der Waals surface area contributed by atoms with Crippen molar-refractivity contribution in [2.75, 3.05) is 39.3 Å². The number of carbonyl (C=O) groups is 2. The van der Waals surface area contributed by atoms with Crippen LogP contribution in [0.15, 0.2) is 24.3 Å². The highest BCUT2D eigenvalue weighted by molar-refractivity contribution is 7.21. The number of likely N-dealkylation sites (N-methyl/N-ethyl adjacent to an activating group) is 1. The number of amides is 2. The first-order valence-corrected chi connectivity index (χ1v) is 9.87. The molecule has 0 saturated carbocycles. The minimum absolute atomic E-state index is 0.0348. The molecule has 2 aliphatic heterocycles. The molecule has 2 amide bonds. The van der Waals surface area contributed by atoms with E-state index in [0.29, 0.717) is 39.3 Å². The number of benzene rings is 1. The zero-order valence-corrected chi connectivity index (χ0v) is 15.9. The third kappa shape index (κ3) is 2.90. The molecule has 0 N–H and O–H groups in total. The quantitative estimate of drug-likeness (QED) is 0.827. The van der Waals surface area contributed by atoms with Crippen LogP contribution in [-0.2, 0) is 9.63 Å². The number of aryl methyl sites for hydroxylation is 1. The fourth-order valence-corrected chi connectivity index (χ4v) is 4.91. The van der Waals surface area contributed by atoms with Gasteiger partial charge in [0.2, 0.25) is 0 Å². The number of hydrogen-bond acceptors (Lipinski definition) is 5. The number of thiophene rings is 1. The summed E-state index contributed by atoms with van der Waals surface area (Å²) in [6.07, 6.45) is 0. The Balaban J connectivity index is 1.44. The van der Waals surface area contributed by atoms with Crippen LogP contribution >= 0.6 is 11.3 Å². The summed E-state index contributed by atoms with van der Waals surface area (Å²) in [5.41, 5.74) is 1.07. The molecule has 1 atom stereocenters. The van der Waals surface area contributed by atoms with Crippen molar-refractivity contribution in [2.45, 2.75) is 19.9 Å². The van der Waals surface area contributed by atoms with E-state index in [-0.39, 0.29) is 17.9 Å². The summed E-state index contributed by atoms with van der Waals surface area (Å²) in [6.45, 7) is 7.60. The Hall–Kier alpha value is -1.96. The van der Waals surface area contributed by atoms with Gasteiger partial charge in [0, 0.05) is 37.4 Å². The monoisotopic (exact) mass is 373 g/mol. The summed E-state index contributed by atoms with van der Waals surface area (Å²) in [4.78, 5) is 35.6. The second kappa shape index (κ2) is 6.98. The molecule has 1 aromatic carbocycles. The van der Waals surface area contributed by atoms with Crippen LogP contribution in [0.4, 0.5) is 0 Å². The van der Waals surface area contributed by atoms with Gasteiger partial charge in [0.25, 0.3) is 11.8 Å². The van der Waals surface area contributed by atoms with E-state index < -0.39 is 0 Å². The molecule has 0 radical (unpaired) electrons. The van der Waals surface area contributed by atoms with Crippen LogP contribution in [0.3, 0.4) is 0 Å². The van der Waals surface area contributed by atoms with E-state index >= 15 is 0 Å². The predicted octanol–water partition coefficient (Wildman–Crippen LogP) is 2.13. The van der Waals surface area contributed by atoms with E-state index in [4.69, 9.17) is 4.84 Å². The van der Waals surface area contributed by atoms with E-state index in [1.54, 1.807) is 11.3 Å². The lowest BCUT2D eigenvalue weighted by Gasteiger charge is -2.36. The van der Waals surface area contributed by atoms with Gasteiger partial charge in [-0.05, 0) is 30.9 Å². The smallest absolute Gasteiger partial charge is 0.265 e. The molecule has 138 valence electrons. The maximum absolute atomic E-state index is 13.0. The molecule has 3 heterocycles. The summed E-state index contributed by atoms with van der Waals surface area (Å²) in [6, 6.07) is 7.94. The first-order valence-electron chi connectivity index (χ1n) is 9.06. The number of carbonyl (C=O) groups excluding carboxylic acids is 2. The summed E-state index contributed by atoms with van der Waals surface area (Å²) in [7, 11) is 0. The van der Waals surface area contributed by atoms with Crippen molar-refractivity contribution in [3.63, 3.8) is 0 Å². The van der Waals surface area contributed by atoms with Crippen LogP contribution in [0.1, 0.15) is 22.2 Å². The van der Waals surface area contributed by atoms with Crippen molar-refractivity contribution >= 4 is 33.2 Å². The zero-order valence-electron chi connectivity index (χ0n) is 15.1. The molecule has 0 aliphatic carbocycles. The van der Waals surface area contributed by atoms with Gasteiger partial charge in [-0.15, -0.1) is 11.3 Å². The molecule has 26 heavy (non-hydrogen) atoms. The maximum Gasteiger partial charge on any atom is 0.265 e. The Bertz CT molecular complexity index is 842. The Morgan fingerprint density at radius 1 is 1.23 bits per heavy atom. The summed E-state index contributed by atoms with van der Waals surface area (Å²) in [5, 5.41) is 2.59. The van der Waals surface area contributed by atoms with Crippen LogP contribution in [0.2, 0.25) is 0 Å². The minimum atomic E-state index is -0.210. The van der Waals surface area contributed by atoms with Gasteiger partial charge < -0.3 is 4.90 Å². The van der Waals surface area contributed by atoms with Crippen molar-refractivity contribution in [3.05, 3.63) is 34.7 Å². The molecule has 1 unspecified atom stereocenters. The molecule has 2 aliphatic rings. The largest absolute Gasteiger partial charge is 0.335 e. The Kier molecular flexibility index (Phi) is 4.69. The molecule has 2 fully saturated rings. The number of hydrogen-bond donors (Lipinski definition) is 0. The lowest BCUT2D eigenvalue weighted by molar-refractivity contribution is -0.160. The molecule has 2 saturated heterocycles. The van der Waals surface area contributed by atoms with Gasteiger partial charge >= 0.3 is 0 Å². The molecule has 4 rings (SSSR count). The molecule has 7 heteroatoms. The molecular weight excluding hydrogens is 350 g/mol. The number of fused-ring (bicyclic) bond motifs is 1. The van der Waals surface area contributed by atoms with Gasteiger partial charge in [-0.1, -0.05) is 18.2 Å². The van der Waals surface area contributed by atoms with Gasteiger partial charge in [0.05, 0.1) is 11.5 Å². The van der Waals surface area contributed by atoms with E-state index in [2.05, 4.69) is 17.0 Å². The van der Waals surface area contributed by atoms with Crippen molar-refractivity contribution in [2.24, 2.45) is 0 Å². The second-order valence-electron chi connectivity index (χ2n) is 6.73. The predicted molar refractivity (Wildman–Crippen MR) is 101 cm³/mol. The summed E-state index contributed by atoms with van der Waals surface area (Å²) >= 11 is 1.57. The van der Waals surface area contributed by atoms with Crippen LogP contribution in [-0.4, -0.2) is 72.0 Å². The van der Waals surface area contributed by atoms with Gasteiger partial charge in [0.1, 0.15) is 6.04 Å². The normalized spacial score (nSPS) is 21.8. The molecular formula is C19H23N3O3S. The van der Waals surface area contributed by atoms with Gasteiger partial charge in [0.15, 0.2) is 0 Å². The summed E-state index contributed by atoms with van der Waals surface area (Å²) < 4.78 is 1.15. The first-order chi connectivity index (χ1) is 12.6. The number of rotatable bonds is 3. The highest BCUT2D eigenvalue weighted by Crippen LogP contribution is 2.31. The molecule has 1 aromatic heterocycles. The molecule has 0 spiro atoms. The average molecular weight is 373 g/mol. The van der Waals surface area contributed by atoms with Crippen LogP contribution in [0.25, 0.3) is 10.1 Å². The summed E-state index contributed by atoms with van der Waals surface area (Å²) in [5.74, 6) is 0.139. The van der Waals surface area contributed by atoms with Crippen molar-refractivity contribution in [1.29, 1.82) is 0 Å². The number of piperazine rings is 1. The zero-order chi connectivity index (χ0) is 18.3. The Labute approximate surface area is 156 Å². The second-order valence-corrected chi connectivity index (χ2v) is 7.78. The first kappa shape index (κ1) is 17.5. The van der Waals surface area contributed by atoms with Gasteiger partial charge in [-0.25, -0.2) is 5.06 Å². The van der Waals surface area contributed by atoms with E-state index in [0.717, 1.165) is 20.5 Å². The Morgan fingerprint density at radius 2 is 1.96 bits per heavy atom. The van der Waals surface area contributed by atoms with Gasteiger partial charge in [-0.3, -0.25) is 19.3 Å². The highest BCUT2D eigenvalue weighted by Gasteiger charge is 2.38. The van der Waals surface area contributed by atoms with Crippen LogP contribution in [0.5, 0.6) is 0 Å². The van der Waals surface area contributed by atoms with Crippen molar-refractivity contribution in [3.8, 4) is 0 Å². The van der Waals surface area contributed by atoms with Gasteiger partial charge in [-0.2, -0.15) is 0 Å². The molecule has 2 aromatic rings. The Morgan fingerprint density at radius 3 is 2.62 bits per heavy atom. The van der Waals surface area contributed by atoms with E-state index in [1.165, 1.54) is 5.06 Å². The van der Waals surface area contributed by atoms with Crippen LogP contribution in [0, 0.1) is 6.92 Å². The average Bonchev–Trinajstić information content (AvgIpc) is 3.21. The fourth-order valence-electron chi connectivity index (χ4n) is 3.73.